The summed E-state index contributed by atoms with van der Waals surface area (Å²) < 4.78 is 0. The number of urea groups is 1. The first-order chi connectivity index (χ1) is 7.18. The Morgan fingerprint density at radius 3 is 2.53 bits per heavy atom. The Balaban J connectivity index is 2.05. The smallest absolute Gasteiger partial charge is 0.317 e. The van der Waals surface area contributed by atoms with Crippen molar-refractivity contribution in [3.05, 3.63) is 35.9 Å². The molecule has 1 heterocycles. The van der Waals surface area contributed by atoms with E-state index in [4.69, 9.17) is 0 Å². The minimum Gasteiger partial charge on any atom is -0.333 e. The standard InChI is InChI=1S/C12H16N2O/c1-9-11(13-12(15)14(9)2)8-10-6-4-3-5-7-10/h3-7,9,11H,8H2,1-2H3,(H,13,15)/t9-,11?/m1/s1. The molecule has 1 aromatic rings. The van der Waals surface area contributed by atoms with E-state index in [0.717, 1.165) is 6.42 Å². The van der Waals surface area contributed by atoms with Crippen molar-refractivity contribution in [2.45, 2.75) is 25.4 Å². The second kappa shape index (κ2) is 3.93. The lowest BCUT2D eigenvalue weighted by atomic mass is 10.0. The van der Waals surface area contributed by atoms with Gasteiger partial charge in [-0.1, -0.05) is 30.3 Å². The molecule has 1 saturated heterocycles. The Morgan fingerprint density at radius 2 is 2.00 bits per heavy atom. The van der Waals surface area contributed by atoms with Gasteiger partial charge in [0.2, 0.25) is 0 Å². The average Bonchev–Trinajstić information content (AvgIpc) is 2.48. The summed E-state index contributed by atoms with van der Waals surface area (Å²) >= 11 is 0. The summed E-state index contributed by atoms with van der Waals surface area (Å²) in [5, 5.41) is 2.99. The molecule has 1 aliphatic rings. The van der Waals surface area contributed by atoms with Gasteiger partial charge in [0.05, 0.1) is 12.1 Å². The molecule has 2 atom stereocenters. The third-order valence-electron chi connectivity index (χ3n) is 3.12. The summed E-state index contributed by atoms with van der Waals surface area (Å²) in [6.07, 6.45) is 0.901. The van der Waals surface area contributed by atoms with E-state index >= 15 is 0 Å². The Morgan fingerprint density at radius 1 is 1.33 bits per heavy atom. The fourth-order valence-corrected chi connectivity index (χ4v) is 1.93. The molecule has 1 N–H and O–H groups in total. The Hall–Kier alpha value is -1.51. The molecular formula is C12H16N2O. The van der Waals surface area contributed by atoms with Gasteiger partial charge < -0.3 is 10.2 Å². The first kappa shape index (κ1) is 10.0. The quantitative estimate of drug-likeness (QED) is 0.780. The Kier molecular flexibility index (Phi) is 2.62. The third-order valence-corrected chi connectivity index (χ3v) is 3.12. The van der Waals surface area contributed by atoms with Crippen molar-refractivity contribution in [1.29, 1.82) is 0 Å². The third kappa shape index (κ3) is 1.96. The predicted molar refractivity (Wildman–Crippen MR) is 59.7 cm³/mol. The van der Waals surface area contributed by atoms with Gasteiger partial charge >= 0.3 is 6.03 Å². The lowest BCUT2D eigenvalue weighted by Gasteiger charge is -2.18. The van der Waals surface area contributed by atoms with Gasteiger partial charge in [0.25, 0.3) is 0 Å². The molecule has 80 valence electrons. The van der Waals surface area contributed by atoms with Gasteiger partial charge in [-0.2, -0.15) is 0 Å². The SMILES string of the molecule is C[C@@H]1C(Cc2ccccc2)NC(=O)N1C. The first-order valence-corrected chi connectivity index (χ1v) is 5.25. The highest BCUT2D eigenvalue weighted by molar-refractivity contribution is 5.77. The van der Waals surface area contributed by atoms with Crippen LogP contribution in [0.15, 0.2) is 30.3 Å². The number of benzene rings is 1. The molecule has 2 amide bonds. The zero-order valence-electron chi connectivity index (χ0n) is 9.10. The molecule has 1 unspecified atom stereocenters. The zero-order valence-corrected chi connectivity index (χ0v) is 9.10. The summed E-state index contributed by atoms with van der Waals surface area (Å²) in [7, 11) is 1.84. The van der Waals surface area contributed by atoms with Crippen LogP contribution in [0.1, 0.15) is 12.5 Å². The second-order valence-corrected chi connectivity index (χ2v) is 4.10. The van der Waals surface area contributed by atoms with Crippen molar-refractivity contribution in [3.63, 3.8) is 0 Å². The topological polar surface area (TPSA) is 32.3 Å². The van der Waals surface area contributed by atoms with Gasteiger partial charge in [-0.05, 0) is 18.9 Å². The molecule has 15 heavy (non-hydrogen) atoms. The van der Waals surface area contributed by atoms with Crippen LogP contribution < -0.4 is 5.32 Å². The second-order valence-electron chi connectivity index (χ2n) is 4.10. The molecular weight excluding hydrogens is 188 g/mol. The number of nitrogens with zero attached hydrogens (tertiary/aromatic N) is 1. The average molecular weight is 204 g/mol. The van der Waals surface area contributed by atoms with Crippen LogP contribution in [0.4, 0.5) is 4.79 Å². The molecule has 1 aromatic carbocycles. The lowest BCUT2D eigenvalue weighted by molar-refractivity contribution is 0.218. The molecule has 3 heteroatoms. The predicted octanol–water partition coefficient (Wildman–Crippen LogP) is 1.64. The largest absolute Gasteiger partial charge is 0.333 e. The highest BCUT2D eigenvalue weighted by atomic mass is 16.2. The summed E-state index contributed by atoms with van der Waals surface area (Å²) in [6, 6.07) is 10.8. The molecule has 0 aromatic heterocycles. The minimum absolute atomic E-state index is 0.0310. The van der Waals surface area contributed by atoms with Gasteiger partial charge in [0, 0.05) is 7.05 Å². The number of carbonyl (C=O) groups excluding carboxylic acids is 1. The summed E-state index contributed by atoms with van der Waals surface area (Å²) in [6.45, 7) is 2.07. The molecule has 2 rings (SSSR count). The van der Waals surface area contributed by atoms with E-state index in [9.17, 15) is 4.79 Å². The summed E-state index contributed by atoms with van der Waals surface area (Å²) in [5.41, 5.74) is 1.27. The van der Waals surface area contributed by atoms with Crippen molar-refractivity contribution >= 4 is 6.03 Å². The fourth-order valence-electron chi connectivity index (χ4n) is 1.93. The molecule has 1 fully saturated rings. The van der Waals surface area contributed by atoms with Crippen LogP contribution in [0.3, 0.4) is 0 Å². The van der Waals surface area contributed by atoms with Crippen LogP contribution in [-0.2, 0) is 6.42 Å². The van der Waals surface area contributed by atoms with Crippen LogP contribution in [0.2, 0.25) is 0 Å². The summed E-state index contributed by atoms with van der Waals surface area (Å²) in [5.74, 6) is 0. The number of carbonyl (C=O) groups is 1. The van der Waals surface area contributed by atoms with Crippen LogP contribution >= 0.6 is 0 Å². The van der Waals surface area contributed by atoms with Crippen LogP contribution in [0.25, 0.3) is 0 Å². The van der Waals surface area contributed by atoms with Gasteiger partial charge in [0.15, 0.2) is 0 Å². The van der Waals surface area contributed by atoms with E-state index in [2.05, 4.69) is 24.4 Å². The van der Waals surface area contributed by atoms with E-state index in [1.54, 1.807) is 4.90 Å². The monoisotopic (exact) mass is 204 g/mol. The highest BCUT2D eigenvalue weighted by Gasteiger charge is 2.33. The first-order valence-electron chi connectivity index (χ1n) is 5.25. The molecule has 0 bridgehead atoms. The van der Waals surface area contributed by atoms with Crippen molar-refractivity contribution in [1.82, 2.24) is 10.2 Å². The Labute approximate surface area is 90.1 Å². The summed E-state index contributed by atoms with van der Waals surface area (Å²) in [4.78, 5) is 13.2. The van der Waals surface area contributed by atoms with E-state index in [1.807, 2.05) is 25.2 Å². The lowest BCUT2D eigenvalue weighted by Crippen LogP contribution is -2.33. The number of hydrogen-bond acceptors (Lipinski definition) is 1. The van der Waals surface area contributed by atoms with Gasteiger partial charge in [-0.3, -0.25) is 0 Å². The van der Waals surface area contributed by atoms with Crippen molar-refractivity contribution < 1.29 is 4.79 Å². The molecule has 3 nitrogen and oxygen atoms in total. The molecule has 0 radical (unpaired) electrons. The molecule has 1 aliphatic heterocycles. The zero-order chi connectivity index (χ0) is 10.8. The molecule has 0 aliphatic carbocycles. The van der Waals surface area contributed by atoms with Gasteiger partial charge in [-0.25, -0.2) is 4.79 Å². The van der Waals surface area contributed by atoms with E-state index in [0.29, 0.717) is 0 Å². The minimum atomic E-state index is 0.0310. The number of nitrogens with one attached hydrogen (secondary N) is 1. The highest BCUT2D eigenvalue weighted by Crippen LogP contribution is 2.15. The van der Waals surface area contributed by atoms with Crippen LogP contribution in [0, 0.1) is 0 Å². The van der Waals surface area contributed by atoms with E-state index < -0.39 is 0 Å². The van der Waals surface area contributed by atoms with Crippen molar-refractivity contribution in [2.75, 3.05) is 7.05 Å². The maximum atomic E-state index is 11.4. The van der Waals surface area contributed by atoms with Crippen molar-refractivity contribution in [2.24, 2.45) is 0 Å². The number of amides is 2. The van der Waals surface area contributed by atoms with Crippen LogP contribution in [-0.4, -0.2) is 30.1 Å². The van der Waals surface area contributed by atoms with Crippen molar-refractivity contribution in [3.8, 4) is 0 Å². The van der Waals surface area contributed by atoms with Gasteiger partial charge in [0.1, 0.15) is 0 Å². The number of hydrogen-bond donors (Lipinski definition) is 1. The maximum absolute atomic E-state index is 11.4. The van der Waals surface area contributed by atoms with Gasteiger partial charge in [-0.15, -0.1) is 0 Å². The molecule has 0 saturated carbocycles. The van der Waals surface area contributed by atoms with E-state index in [-0.39, 0.29) is 18.1 Å². The Bertz CT molecular complexity index is 350. The fraction of sp³-hybridized carbons (Fsp3) is 0.417. The maximum Gasteiger partial charge on any atom is 0.317 e. The van der Waals surface area contributed by atoms with E-state index in [1.165, 1.54) is 5.56 Å². The van der Waals surface area contributed by atoms with Crippen LogP contribution in [0.5, 0.6) is 0 Å². The number of rotatable bonds is 2. The molecule has 0 spiro atoms. The number of likely N-dealkylation sites (N-methyl/N-ethyl adjacent to an activating group) is 1. The normalized spacial score (nSPS) is 25.5.